The lowest BCUT2D eigenvalue weighted by atomic mass is 10.2. The summed E-state index contributed by atoms with van der Waals surface area (Å²) in [6.07, 6.45) is 0. The van der Waals surface area contributed by atoms with Gasteiger partial charge in [-0.2, -0.15) is 0 Å². The Kier molecular flexibility index (Phi) is 4.13. The number of rotatable bonds is 4. The molecule has 0 spiro atoms. The van der Waals surface area contributed by atoms with Crippen LogP contribution in [0.5, 0.6) is 0 Å². The van der Waals surface area contributed by atoms with Gasteiger partial charge in [-0.1, -0.05) is 30.3 Å². The first-order valence-corrected chi connectivity index (χ1v) is 4.69. The number of hydrogen-bond donors (Lipinski definition) is 0. The summed E-state index contributed by atoms with van der Waals surface area (Å²) in [5.41, 5.74) is 1.07. The molecular weight excluding hydrogens is 178 g/mol. The lowest BCUT2D eigenvalue weighted by molar-refractivity contribution is -0.186. The van der Waals surface area contributed by atoms with Gasteiger partial charge in [-0.15, -0.1) is 0 Å². The minimum absolute atomic E-state index is 0.0734. The smallest absolute Gasteiger partial charge is 0.243 e. The summed E-state index contributed by atoms with van der Waals surface area (Å²) in [5, 5.41) is 1.37. The summed E-state index contributed by atoms with van der Waals surface area (Å²) < 4.78 is 0. The summed E-state index contributed by atoms with van der Waals surface area (Å²) >= 11 is 0. The van der Waals surface area contributed by atoms with Crippen molar-refractivity contribution in [3.05, 3.63) is 35.9 Å². The highest BCUT2D eigenvalue weighted by atomic mass is 16.7. The normalized spacial score (nSPS) is 9.86. The van der Waals surface area contributed by atoms with Crippen LogP contribution in [0.1, 0.15) is 19.4 Å². The zero-order valence-electron chi connectivity index (χ0n) is 8.56. The van der Waals surface area contributed by atoms with E-state index in [9.17, 15) is 4.79 Å². The Labute approximate surface area is 84.2 Å². The van der Waals surface area contributed by atoms with Gasteiger partial charge in [0.15, 0.2) is 0 Å². The first-order valence-electron chi connectivity index (χ1n) is 4.69. The highest BCUT2D eigenvalue weighted by molar-refractivity contribution is 5.72. The molecule has 0 aromatic heterocycles. The number of carbonyl (C=O) groups excluding carboxylic acids is 1. The van der Waals surface area contributed by atoms with Crippen LogP contribution in [0.4, 0.5) is 0 Å². The molecule has 0 aliphatic rings. The number of hydrogen-bond acceptors (Lipinski definition) is 2. The van der Waals surface area contributed by atoms with E-state index in [0.717, 1.165) is 5.56 Å². The highest BCUT2D eigenvalue weighted by Gasteiger charge is 2.08. The third kappa shape index (κ3) is 3.18. The second-order valence-corrected chi connectivity index (χ2v) is 2.96. The fourth-order valence-corrected chi connectivity index (χ4v) is 1.15. The average molecular weight is 193 g/mol. The minimum atomic E-state index is -0.0734. The molecule has 1 aromatic carbocycles. The molecule has 0 radical (unpaired) electrons. The summed E-state index contributed by atoms with van der Waals surface area (Å²) in [6, 6.07) is 9.77. The molecular formula is C11H15NO2. The second-order valence-electron chi connectivity index (χ2n) is 2.96. The second kappa shape index (κ2) is 5.40. The topological polar surface area (TPSA) is 29.5 Å². The van der Waals surface area contributed by atoms with Crippen LogP contribution in [0.2, 0.25) is 0 Å². The molecule has 0 bridgehead atoms. The molecule has 0 heterocycles. The third-order valence-electron chi connectivity index (χ3n) is 1.81. The average Bonchev–Trinajstić information content (AvgIpc) is 2.18. The van der Waals surface area contributed by atoms with Gasteiger partial charge in [0, 0.05) is 6.92 Å². The maximum Gasteiger partial charge on any atom is 0.243 e. The quantitative estimate of drug-likeness (QED) is 0.684. The van der Waals surface area contributed by atoms with Crippen LogP contribution in [0.25, 0.3) is 0 Å². The van der Waals surface area contributed by atoms with Crippen molar-refractivity contribution in [3.8, 4) is 0 Å². The van der Waals surface area contributed by atoms with Gasteiger partial charge in [0.05, 0.1) is 13.2 Å². The standard InChI is InChI=1S/C11H15NO2/c1-3-14-12(10(2)13)9-11-7-5-4-6-8-11/h4-8H,3,9H2,1-2H3. The van der Waals surface area contributed by atoms with Gasteiger partial charge in [-0.05, 0) is 12.5 Å². The molecule has 0 saturated carbocycles. The van der Waals surface area contributed by atoms with E-state index in [0.29, 0.717) is 13.2 Å². The molecule has 76 valence electrons. The molecule has 14 heavy (non-hydrogen) atoms. The molecule has 1 aromatic rings. The Balaban J connectivity index is 2.60. The summed E-state index contributed by atoms with van der Waals surface area (Å²) in [5.74, 6) is -0.0734. The predicted molar refractivity (Wildman–Crippen MR) is 54.3 cm³/mol. The number of hydroxylamine groups is 2. The van der Waals surface area contributed by atoms with E-state index in [2.05, 4.69) is 0 Å². The van der Waals surface area contributed by atoms with Gasteiger partial charge in [0.25, 0.3) is 0 Å². The summed E-state index contributed by atoms with van der Waals surface area (Å²) in [6.45, 7) is 4.37. The van der Waals surface area contributed by atoms with Crippen molar-refractivity contribution in [1.82, 2.24) is 5.06 Å². The highest BCUT2D eigenvalue weighted by Crippen LogP contribution is 2.04. The summed E-state index contributed by atoms with van der Waals surface area (Å²) in [4.78, 5) is 16.3. The van der Waals surface area contributed by atoms with Crippen LogP contribution < -0.4 is 0 Å². The third-order valence-corrected chi connectivity index (χ3v) is 1.81. The van der Waals surface area contributed by atoms with Crippen molar-refractivity contribution in [2.24, 2.45) is 0 Å². The first kappa shape index (κ1) is 10.7. The van der Waals surface area contributed by atoms with Crippen LogP contribution in [-0.2, 0) is 16.2 Å². The van der Waals surface area contributed by atoms with E-state index in [1.54, 1.807) is 0 Å². The fraction of sp³-hybridized carbons (Fsp3) is 0.364. The predicted octanol–water partition coefficient (Wildman–Crippen LogP) is 1.99. The van der Waals surface area contributed by atoms with Crippen LogP contribution in [0, 0.1) is 0 Å². The van der Waals surface area contributed by atoms with Gasteiger partial charge in [0.2, 0.25) is 5.91 Å². The lowest BCUT2D eigenvalue weighted by Crippen LogP contribution is -2.28. The van der Waals surface area contributed by atoms with Crippen molar-refractivity contribution in [3.63, 3.8) is 0 Å². The van der Waals surface area contributed by atoms with Crippen LogP contribution in [-0.4, -0.2) is 17.6 Å². The van der Waals surface area contributed by atoms with Crippen molar-refractivity contribution in [2.45, 2.75) is 20.4 Å². The maximum atomic E-state index is 11.1. The Morgan fingerprint density at radius 3 is 2.50 bits per heavy atom. The van der Waals surface area contributed by atoms with Crippen LogP contribution >= 0.6 is 0 Å². The Morgan fingerprint density at radius 2 is 2.00 bits per heavy atom. The van der Waals surface area contributed by atoms with Crippen molar-refractivity contribution in [1.29, 1.82) is 0 Å². The molecule has 0 unspecified atom stereocenters. The Hall–Kier alpha value is -1.35. The number of nitrogens with zero attached hydrogens (tertiary/aromatic N) is 1. The monoisotopic (exact) mass is 193 g/mol. The van der Waals surface area contributed by atoms with E-state index in [1.165, 1.54) is 12.0 Å². The molecule has 0 saturated heterocycles. The Bertz CT molecular complexity index is 285. The first-order chi connectivity index (χ1) is 6.74. The maximum absolute atomic E-state index is 11.1. The van der Waals surface area contributed by atoms with Gasteiger partial charge in [-0.3, -0.25) is 9.63 Å². The zero-order chi connectivity index (χ0) is 10.4. The number of amides is 1. The number of carbonyl (C=O) groups is 1. The van der Waals surface area contributed by atoms with Gasteiger partial charge >= 0.3 is 0 Å². The molecule has 1 amide bonds. The van der Waals surface area contributed by atoms with E-state index in [1.807, 2.05) is 37.3 Å². The van der Waals surface area contributed by atoms with E-state index < -0.39 is 0 Å². The minimum Gasteiger partial charge on any atom is -0.273 e. The molecule has 1 rings (SSSR count). The SMILES string of the molecule is CCON(Cc1ccccc1)C(C)=O. The molecule has 0 atom stereocenters. The molecule has 0 fully saturated rings. The molecule has 0 aliphatic heterocycles. The van der Waals surface area contributed by atoms with Crippen LogP contribution in [0.3, 0.4) is 0 Å². The Morgan fingerprint density at radius 1 is 1.36 bits per heavy atom. The molecule has 0 aliphatic carbocycles. The van der Waals surface area contributed by atoms with E-state index in [-0.39, 0.29) is 5.91 Å². The van der Waals surface area contributed by atoms with Gasteiger partial charge < -0.3 is 0 Å². The molecule has 3 nitrogen and oxygen atoms in total. The van der Waals surface area contributed by atoms with Crippen molar-refractivity contribution in [2.75, 3.05) is 6.61 Å². The van der Waals surface area contributed by atoms with Gasteiger partial charge in [0.1, 0.15) is 0 Å². The summed E-state index contributed by atoms with van der Waals surface area (Å²) in [7, 11) is 0. The van der Waals surface area contributed by atoms with E-state index in [4.69, 9.17) is 4.84 Å². The largest absolute Gasteiger partial charge is 0.273 e. The van der Waals surface area contributed by atoms with Crippen LogP contribution in [0.15, 0.2) is 30.3 Å². The zero-order valence-corrected chi connectivity index (χ0v) is 8.56. The number of benzene rings is 1. The van der Waals surface area contributed by atoms with Crippen molar-refractivity contribution >= 4 is 5.91 Å². The fourth-order valence-electron chi connectivity index (χ4n) is 1.15. The van der Waals surface area contributed by atoms with Crippen molar-refractivity contribution < 1.29 is 9.63 Å². The molecule has 0 N–H and O–H groups in total. The van der Waals surface area contributed by atoms with Gasteiger partial charge in [-0.25, -0.2) is 5.06 Å². The molecule has 3 heteroatoms. The lowest BCUT2D eigenvalue weighted by Gasteiger charge is -2.19. The van der Waals surface area contributed by atoms with E-state index >= 15 is 0 Å².